The molecule has 5 rings (SSSR count). The van der Waals surface area contributed by atoms with Crippen LogP contribution in [0, 0.1) is 17.8 Å². The molecule has 1 unspecified atom stereocenters. The second-order valence-electron chi connectivity index (χ2n) is 12.7. The number of ether oxygens (including phenoxy) is 2. The molecular weight excluding hydrogens is 600 g/mol. The first kappa shape index (κ1) is 37.9. The Bertz CT molecular complexity index is 1230. The van der Waals surface area contributed by atoms with Gasteiger partial charge in [-0.05, 0) is 86.8 Å². The number of benzene rings is 2. The van der Waals surface area contributed by atoms with E-state index in [2.05, 4.69) is 11.7 Å². The van der Waals surface area contributed by atoms with Crippen molar-refractivity contribution in [3.05, 3.63) is 53.6 Å². The summed E-state index contributed by atoms with van der Waals surface area (Å²) >= 11 is 0. The first-order chi connectivity index (χ1) is 22.1. The number of rotatable bonds is 9. The Morgan fingerprint density at radius 1 is 1.02 bits per heavy atom. The molecule has 2 fully saturated rings. The fourth-order valence-electron chi connectivity index (χ4n) is 6.40. The third kappa shape index (κ3) is 9.49. The highest BCUT2D eigenvalue weighted by atomic mass is 32.3. The Balaban J connectivity index is 0.000000891. The summed E-state index contributed by atoms with van der Waals surface area (Å²) < 4.78 is 35.6. The predicted molar refractivity (Wildman–Crippen MR) is 189 cm³/mol. The van der Waals surface area contributed by atoms with Gasteiger partial charge in [0, 0.05) is 45.7 Å². The molecule has 3 aliphatic rings. The number of methoxy groups -OCH3 is 1. The zero-order valence-corrected chi connectivity index (χ0v) is 30.0. The van der Waals surface area contributed by atoms with Crippen molar-refractivity contribution in [3.8, 4) is 5.75 Å². The maximum Gasteiger partial charge on any atom is 0.225 e. The second-order valence-corrected chi connectivity index (χ2v) is 14.6. The van der Waals surface area contributed by atoms with E-state index in [1.165, 1.54) is 5.56 Å². The van der Waals surface area contributed by atoms with Crippen molar-refractivity contribution in [3.63, 3.8) is 0 Å². The Morgan fingerprint density at radius 2 is 1.63 bits per heavy atom. The van der Waals surface area contributed by atoms with Crippen LogP contribution in [0.5, 0.6) is 5.75 Å². The molecule has 2 aliphatic heterocycles. The predicted octanol–water partition coefficient (Wildman–Crippen LogP) is 8.88. The lowest BCUT2D eigenvalue weighted by Gasteiger charge is -2.45. The first-order valence-electron chi connectivity index (χ1n) is 17.3. The average Bonchev–Trinajstić information content (AvgIpc) is 3.63. The standard InChI is InChI=1S/C32H44N2O5S.C3H8O.C2H6/c1-4-23-9-11-26(12-10-23)34(21-22(2)3)40(37,38)27-13-14-30-28(19-27)29(35)20-31(39-30)24-15-17-33(18-16-24)32(36)25-7-5-6-8-25;1-3-4-2;1-2/h9-14,19,22,24-25,31,37-38H,4-8,15-18,20-21H2,1-3H3;3H2,1-2H3;1-2H3. The number of fused-ring (bicyclic) bond motifs is 1. The summed E-state index contributed by atoms with van der Waals surface area (Å²) in [5.41, 5.74) is 2.33. The normalized spacial score (nSPS) is 19.0. The van der Waals surface area contributed by atoms with Crippen molar-refractivity contribution in [2.45, 2.75) is 104 Å². The number of likely N-dealkylation sites (tertiary alicyclic amines) is 1. The molecule has 2 aromatic carbocycles. The topological polar surface area (TPSA) is 99.5 Å². The maximum atomic E-state index is 13.3. The zero-order valence-electron chi connectivity index (χ0n) is 29.2. The third-order valence-electron chi connectivity index (χ3n) is 9.07. The van der Waals surface area contributed by atoms with Crippen LogP contribution in [-0.2, 0) is 16.0 Å². The van der Waals surface area contributed by atoms with Crippen molar-refractivity contribution in [1.29, 1.82) is 0 Å². The largest absolute Gasteiger partial charge is 0.489 e. The van der Waals surface area contributed by atoms with Gasteiger partial charge in [-0.15, -0.1) is 0 Å². The van der Waals surface area contributed by atoms with Gasteiger partial charge >= 0.3 is 0 Å². The van der Waals surface area contributed by atoms with Crippen molar-refractivity contribution < 1.29 is 28.2 Å². The summed E-state index contributed by atoms with van der Waals surface area (Å²) in [5.74, 6) is 1.39. The van der Waals surface area contributed by atoms with Crippen LogP contribution in [0.25, 0.3) is 0 Å². The summed E-state index contributed by atoms with van der Waals surface area (Å²) in [6, 6.07) is 12.9. The average molecular weight is 659 g/mol. The third-order valence-corrected chi connectivity index (χ3v) is 10.9. The highest BCUT2D eigenvalue weighted by molar-refractivity contribution is 8.25. The second kappa shape index (κ2) is 18.1. The lowest BCUT2D eigenvalue weighted by atomic mass is 9.85. The number of piperidine rings is 1. The highest BCUT2D eigenvalue weighted by Gasteiger charge is 2.37. The highest BCUT2D eigenvalue weighted by Crippen LogP contribution is 2.55. The molecule has 258 valence electrons. The molecule has 0 radical (unpaired) electrons. The molecule has 9 heteroatoms. The minimum atomic E-state index is -3.39. The number of anilines is 1. The van der Waals surface area contributed by atoms with Gasteiger partial charge < -0.3 is 14.4 Å². The monoisotopic (exact) mass is 658 g/mol. The SMILES string of the molecule is CC.CCOC.CCc1ccc(N(CC(C)C)S(O)(O)c2ccc3c(c2)C(=O)CC(C2CCN(C(=O)C4CCCC4)CC2)O3)cc1. The van der Waals surface area contributed by atoms with Crippen LogP contribution in [-0.4, -0.2) is 65.2 Å². The number of hydrogen-bond acceptors (Lipinski definition) is 7. The van der Waals surface area contributed by atoms with Crippen LogP contribution in [0.15, 0.2) is 47.4 Å². The summed E-state index contributed by atoms with van der Waals surface area (Å²) in [5, 5.41) is 0. The quantitative estimate of drug-likeness (QED) is 0.278. The molecule has 1 saturated heterocycles. The van der Waals surface area contributed by atoms with Gasteiger partial charge in [0.2, 0.25) is 5.91 Å². The summed E-state index contributed by atoms with van der Waals surface area (Å²) in [4.78, 5) is 28.5. The van der Waals surface area contributed by atoms with E-state index >= 15 is 0 Å². The molecule has 0 spiro atoms. The lowest BCUT2D eigenvalue weighted by Crippen LogP contribution is -2.45. The Hall–Kier alpha value is -2.59. The molecule has 2 heterocycles. The van der Waals surface area contributed by atoms with E-state index in [1.54, 1.807) is 29.6 Å². The molecule has 2 aromatic rings. The fraction of sp³-hybridized carbons (Fsp3) is 0.622. The number of amides is 1. The molecule has 8 nitrogen and oxygen atoms in total. The van der Waals surface area contributed by atoms with Crippen LogP contribution < -0.4 is 9.04 Å². The van der Waals surface area contributed by atoms with Crippen molar-refractivity contribution >= 4 is 28.2 Å². The van der Waals surface area contributed by atoms with Crippen LogP contribution in [0.4, 0.5) is 5.69 Å². The van der Waals surface area contributed by atoms with Gasteiger partial charge in [0.25, 0.3) is 0 Å². The summed E-state index contributed by atoms with van der Waals surface area (Å²) in [7, 11) is -1.71. The Morgan fingerprint density at radius 3 is 2.17 bits per heavy atom. The molecule has 46 heavy (non-hydrogen) atoms. The Kier molecular flexibility index (Phi) is 14.9. The molecular formula is C37H58N2O6S. The number of Topliss-reactive ketones (excluding diaryl/α,β-unsaturated/α-hetero) is 1. The smallest absolute Gasteiger partial charge is 0.225 e. The van der Waals surface area contributed by atoms with Crippen LogP contribution in [0.3, 0.4) is 0 Å². The lowest BCUT2D eigenvalue weighted by molar-refractivity contribution is -0.137. The molecule has 1 amide bonds. The molecule has 1 saturated carbocycles. The van der Waals surface area contributed by atoms with Crippen LogP contribution in [0.2, 0.25) is 0 Å². The first-order valence-corrected chi connectivity index (χ1v) is 18.9. The summed E-state index contributed by atoms with van der Waals surface area (Å²) in [6.07, 6.45) is 6.98. The van der Waals surface area contributed by atoms with Gasteiger partial charge in [-0.3, -0.25) is 23.0 Å². The van der Waals surface area contributed by atoms with E-state index < -0.39 is 10.8 Å². The van der Waals surface area contributed by atoms with Gasteiger partial charge in [0.1, 0.15) is 11.9 Å². The number of nitrogens with zero attached hydrogens (tertiary/aromatic N) is 2. The van der Waals surface area contributed by atoms with Crippen LogP contribution in [0.1, 0.15) is 102 Å². The Labute approximate surface area is 279 Å². The van der Waals surface area contributed by atoms with E-state index in [0.29, 0.717) is 28.7 Å². The van der Waals surface area contributed by atoms with Crippen LogP contribution >= 0.6 is 10.8 Å². The maximum absolute atomic E-state index is 13.3. The van der Waals surface area contributed by atoms with E-state index in [0.717, 1.165) is 70.3 Å². The van der Waals surface area contributed by atoms with E-state index in [9.17, 15) is 18.7 Å². The van der Waals surface area contributed by atoms with Gasteiger partial charge in [-0.2, -0.15) is 0 Å². The number of ketones is 1. The van der Waals surface area contributed by atoms with Gasteiger partial charge in [0.05, 0.1) is 16.1 Å². The van der Waals surface area contributed by atoms with Crippen molar-refractivity contribution in [1.82, 2.24) is 4.90 Å². The summed E-state index contributed by atoms with van der Waals surface area (Å²) in [6.45, 7) is 14.9. The number of aryl methyl sites for hydroxylation is 1. The molecule has 0 bridgehead atoms. The van der Waals surface area contributed by atoms with E-state index in [4.69, 9.17) is 4.74 Å². The minimum Gasteiger partial charge on any atom is -0.489 e. The number of carbonyl (C=O) groups is 2. The van der Waals surface area contributed by atoms with Gasteiger partial charge in [0.15, 0.2) is 5.78 Å². The number of carbonyl (C=O) groups excluding carboxylic acids is 2. The molecule has 2 N–H and O–H groups in total. The van der Waals surface area contributed by atoms with Gasteiger partial charge in [-0.25, -0.2) is 0 Å². The molecule has 1 aliphatic carbocycles. The van der Waals surface area contributed by atoms with Crippen molar-refractivity contribution in [2.24, 2.45) is 17.8 Å². The molecule has 0 aromatic heterocycles. The minimum absolute atomic E-state index is 0.0320. The number of hydrogen-bond donors (Lipinski definition) is 2. The van der Waals surface area contributed by atoms with Crippen molar-refractivity contribution in [2.75, 3.05) is 37.7 Å². The molecule has 1 atom stereocenters. The van der Waals surface area contributed by atoms with Gasteiger partial charge in [-0.1, -0.05) is 70.4 Å². The zero-order chi connectivity index (χ0) is 33.9. The van der Waals surface area contributed by atoms with E-state index in [-0.39, 0.29) is 36.1 Å². The fourth-order valence-corrected chi connectivity index (χ4v) is 8.10. The van der Waals surface area contributed by atoms with E-state index in [1.807, 2.05) is 63.8 Å².